The zero-order valence-corrected chi connectivity index (χ0v) is 29.2. The van der Waals surface area contributed by atoms with Crippen molar-refractivity contribution >= 4 is 58.1 Å². The lowest BCUT2D eigenvalue weighted by molar-refractivity contribution is -0.141. The van der Waals surface area contributed by atoms with E-state index in [9.17, 15) is 24.0 Å². The molecule has 0 fully saturated rings. The fourth-order valence-corrected chi connectivity index (χ4v) is 5.96. The maximum atomic E-state index is 14.0. The molecule has 1 aliphatic rings. The molecule has 0 aliphatic carbocycles. The Kier molecular flexibility index (Phi) is 13.1. The lowest BCUT2D eigenvalue weighted by atomic mass is 9.93. The Bertz CT molecular complexity index is 1650. The number of rotatable bonds is 15. The fourth-order valence-electron chi connectivity index (χ4n) is 5.60. The van der Waals surface area contributed by atoms with Gasteiger partial charge in [-0.2, -0.15) is 0 Å². The van der Waals surface area contributed by atoms with Gasteiger partial charge >= 0.3 is 0 Å². The number of halogens is 1. The standard InChI is InChI=1S/C33H41IN10O5/c1-19(45)44-17-22-6-3-2-5-21(22)14-28(44)32(49)43-27(13-20-8-10-23(34)11-9-20)31(48)41-25(7-4-12-39-33(36)37)30(47)42-26(29(35)46)15-24-16-38-18-40-24/h2-3,5-6,8-11,16,18,25-28H,4,7,12-15,17H2,1H3,(H2,35,46)(H,38,40)(H,41,48)(H,42,47)(H,43,49)(H4,36,37,39)/t25-,26-,27+,28-/m1/s1. The molecule has 49 heavy (non-hydrogen) atoms. The maximum absolute atomic E-state index is 14.0. The second kappa shape index (κ2) is 17.4. The van der Waals surface area contributed by atoms with Crippen molar-refractivity contribution in [2.75, 3.05) is 6.54 Å². The number of hydrogen-bond donors (Lipinski definition) is 8. The van der Waals surface area contributed by atoms with E-state index in [4.69, 9.17) is 16.9 Å². The highest BCUT2D eigenvalue weighted by Crippen LogP contribution is 2.24. The van der Waals surface area contributed by atoms with E-state index < -0.39 is 47.8 Å². The molecule has 0 saturated carbocycles. The Morgan fingerprint density at radius 1 is 0.959 bits per heavy atom. The number of fused-ring (bicyclic) bond motifs is 1. The summed E-state index contributed by atoms with van der Waals surface area (Å²) < 4.78 is 0.986. The largest absolute Gasteiger partial charge is 0.370 e. The third-order valence-electron chi connectivity index (χ3n) is 8.20. The van der Waals surface area contributed by atoms with E-state index in [2.05, 4.69) is 53.8 Å². The number of benzene rings is 2. The number of primary amides is 1. The van der Waals surface area contributed by atoms with Gasteiger partial charge in [-0.25, -0.2) is 4.98 Å². The Morgan fingerprint density at radius 2 is 1.63 bits per heavy atom. The molecule has 0 unspecified atom stereocenters. The number of imidazole rings is 1. The number of amides is 5. The van der Waals surface area contributed by atoms with Gasteiger partial charge in [-0.1, -0.05) is 36.4 Å². The van der Waals surface area contributed by atoms with Gasteiger partial charge in [-0.3, -0.25) is 29.4 Å². The first-order chi connectivity index (χ1) is 23.4. The monoisotopic (exact) mass is 784 g/mol. The molecule has 1 aromatic heterocycles. The van der Waals surface area contributed by atoms with E-state index >= 15 is 0 Å². The van der Waals surface area contributed by atoms with E-state index in [-0.39, 0.29) is 50.6 Å². The number of carbonyl (C=O) groups excluding carboxylic acids is 5. The number of H-pyrrole nitrogens is 1. The lowest BCUT2D eigenvalue weighted by Crippen LogP contribution is -2.59. The van der Waals surface area contributed by atoms with Crippen LogP contribution in [0, 0.1) is 8.98 Å². The summed E-state index contributed by atoms with van der Waals surface area (Å²) in [5.74, 6) is -3.10. The highest BCUT2D eigenvalue weighted by Gasteiger charge is 2.36. The molecule has 10 N–H and O–H groups in total. The SMILES string of the molecule is CC(=O)N1Cc2ccccc2C[C@@H]1C(=O)N[C@@H](Cc1ccc(I)cc1)C(=O)N[C@H](CCCNC(=N)N)C(=O)N[C@H](Cc1cnc[nH]1)C(N)=O. The summed E-state index contributed by atoms with van der Waals surface area (Å²) in [7, 11) is 0. The van der Waals surface area contributed by atoms with Crippen LogP contribution in [0.3, 0.4) is 0 Å². The molecule has 2 aromatic carbocycles. The zero-order chi connectivity index (χ0) is 35.5. The molecule has 2 heterocycles. The molecule has 0 radical (unpaired) electrons. The summed E-state index contributed by atoms with van der Waals surface area (Å²) >= 11 is 2.17. The Balaban J connectivity index is 1.56. The lowest BCUT2D eigenvalue weighted by Gasteiger charge is -2.36. The van der Waals surface area contributed by atoms with Crippen LogP contribution < -0.4 is 32.7 Å². The molecule has 0 spiro atoms. The minimum Gasteiger partial charge on any atom is -0.370 e. The maximum Gasteiger partial charge on any atom is 0.243 e. The number of nitrogens with zero attached hydrogens (tertiary/aromatic N) is 2. The Morgan fingerprint density at radius 3 is 2.27 bits per heavy atom. The van der Waals surface area contributed by atoms with E-state index in [1.165, 1.54) is 24.3 Å². The first-order valence-electron chi connectivity index (χ1n) is 15.7. The minimum atomic E-state index is -1.14. The summed E-state index contributed by atoms with van der Waals surface area (Å²) in [6, 6.07) is 10.8. The number of nitrogens with two attached hydrogens (primary N) is 2. The molecular weight excluding hydrogens is 743 g/mol. The summed E-state index contributed by atoms with van der Waals surface area (Å²) in [5.41, 5.74) is 14.2. The third-order valence-corrected chi connectivity index (χ3v) is 8.92. The molecule has 16 heteroatoms. The molecule has 0 bridgehead atoms. The first kappa shape index (κ1) is 36.8. The fraction of sp³-hybridized carbons (Fsp3) is 0.364. The highest BCUT2D eigenvalue weighted by molar-refractivity contribution is 14.1. The second-order valence-electron chi connectivity index (χ2n) is 11.8. The first-order valence-corrected chi connectivity index (χ1v) is 16.8. The van der Waals surface area contributed by atoms with E-state index in [1.54, 1.807) is 0 Å². The molecule has 5 amide bonds. The smallest absolute Gasteiger partial charge is 0.243 e. The van der Waals surface area contributed by atoms with Gasteiger partial charge < -0.3 is 42.6 Å². The van der Waals surface area contributed by atoms with Crippen LogP contribution in [0.1, 0.15) is 42.1 Å². The van der Waals surface area contributed by atoms with Gasteiger partial charge in [-0.15, -0.1) is 0 Å². The van der Waals surface area contributed by atoms with Crippen LogP contribution in [0.25, 0.3) is 0 Å². The summed E-state index contributed by atoms with van der Waals surface area (Å²) in [6.45, 7) is 1.91. The minimum absolute atomic E-state index is 0.0519. The normalized spacial score (nSPS) is 15.6. The van der Waals surface area contributed by atoms with Crippen LogP contribution in [0.15, 0.2) is 61.1 Å². The molecule has 15 nitrogen and oxygen atoms in total. The number of hydrogen-bond acceptors (Lipinski definition) is 7. The van der Waals surface area contributed by atoms with Crippen LogP contribution >= 0.6 is 22.6 Å². The van der Waals surface area contributed by atoms with Gasteiger partial charge in [0.25, 0.3) is 0 Å². The van der Waals surface area contributed by atoms with Gasteiger partial charge in [0, 0.05) is 54.7 Å². The van der Waals surface area contributed by atoms with Crippen LogP contribution in [-0.4, -0.2) is 81.1 Å². The van der Waals surface area contributed by atoms with Gasteiger partial charge in [0.1, 0.15) is 24.2 Å². The molecule has 0 saturated heterocycles. The molecule has 4 atom stereocenters. The van der Waals surface area contributed by atoms with Crippen LogP contribution in [0.5, 0.6) is 0 Å². The number of guanidine groups is 1. The van der Waals surface area contributed by atoms with Crippen molar-refractivity contribution < 1.29 is 24.0 Å². The summed E-state index contributed by atoms with van der Waals surface area (Å²) in [5, 5.41) is 18.3. The van der Waals surface area contributed by atoms with Crippen molar-refractivity contribution in [1.29, 1.82) is 5.41 Å². The number of aromatic nitrogens is 2. The number of carbonyl (C=O) groups is 5. The molecule has 3 aromatic rings. The van der Waals surface area contributed by atoms with Crippen molar-refractivity contribution in [2.24, 2.45) is 11.5 Å². The Hall–Kier alpha value is -5.00. The van der Waals surface area contributed by atoms with E-state index in [0.717, 1.165) is 20.3 Å². The predicted molar refractivity (Wildman–Crippen MR) is 189 cm³/mol. The van der Waals surface area contributed by atoms with Gasteiger partial charge in [0.2, 0.25) is 29.5 Å². The van der Waals surface area contributed by atoms with Crippen LogP contribution in [0.2, 0.25) is 0 Å². The van der Waals surface area contributed by atoms with E-state index in [0.29, 0.717) is 12.1 Å². The number of aromatic amines is 1. The second-order valence-corrected chi connectivity index (χ2v) is 13.1. The van der Waals surface area contributed by atoms with Crippen LogP contribution in [0.4, 0.5) is 0 Å². The van der Waals surface area contributed by atoms with Crippen molar-refractivity contribution in [2.45, 2.75) is 69.7 Å². The van der Waals surface area contributed by atoms with Gasteiger partial charge in [-0.05, 0) is 64.3 Å². The average molecular weight is 785 g/mol. The highest BCUT2D eigenvalue weighted by atomic mass is 127. The Labute approximate surface area is 297 Å². The van der Waals surface area contributed by atoms with Crippen molar-refractivity contribution in [3.63, 3.8) is 0 Å². The third kappa shape index (κ3) is 10.8. The molecule has 260 valence electrons. The number of nitrogens with one attached hydrogen (secondary N) is 6. The quantitative estimate of drug-likeness (QED) is 0.0450. The van der Waals surface area contributed by atoms with Gasteiger partial charge in [0.15, 0.2) is 5.96 Å². The topological polar surface area (TPSA) is 241 Å². The predicted octanol–water partition coefficient (Wildman–Crippen LogP) is -0.0241. The average Bonchev–Trinajstić information content (AvgIpc) is 3.58. The van der Waals surface area contributed by atoms with Gasteiger partial charge in [0.05, 0.1) is 6.33 Å². The summed E-state index contributed by atoms with van der Waals surface area (Å²) in [4.78, 5) is 74.7. The van der Waals surface area contributed by atoms with Crippen LogP contribution in [-0.2, 0) is 49.8 Å². The zero-order valence-electron chi connectivity index (χ0n) is 27.0. The summed E-state index contributed by atoms with van der Waals surface area (Å²) in [6.07, 6.45) is 3.80. The molecule has 4 rings (SSSR count). The van der Waals surface area contributed by atoms with Crippen molar-refractivity contribution in [3.05, 3.63) is 87.0 Å². The van der Waals surface area contributed by atoms with E-state index in [1.807, 2.05) is 48.5 Å². The molecular formula is C33H41IN10O5. The van der Waals surface area contributed by atoms with Crippen molar-refractivity contribution in [3.8, 4) is 0 Å². The molecule has 1 aliphatic heterocycles. The van der Waals surface area contributed by atoms with Crippen molar-refractivity contribution in [1.82, 2.24) is 36.1 Å².